The van der Waals surface area contributed by atoms with Gasteiger partial charge in [-0.25, -0.2) is 0 Å². The number of guanidine groups is 1. The summed E-state index contributed by atoms with van der Waals surface area (Å²) in [6, 6.07) is 4.32. The van der Waals surface area contributed by atoms with Gasteiger partial charge in [-0.15, -0.1) is 21.5 Å². The molecule has 6 nitrogen and oxygen atoms in total. The van der Waals surface area contributed by atoms with Gasteiger partial charge in [0.1, 0.15) is 11.6 Å². The number of hydrogen-bond donors (Lipinski definition) is 2. The fourth-order valence-electron chi connectivity index (χ4n) is 3.36. The number of rotatable bonds is 7. The van der Waals surface area contributed by atoms with Gasteiger partial charge in [-0.3, -0.25) is 4.99 Å². The topological polar surface area (TPSA) is 67.1 Å². The van der Waals surface area contributed by atoms with Crippen LogP contribution < -0.4 is 10.6 Å². The van der Waals surface area contributed by atoms with Crippen molar-refractivity contribution in [3.63, 3.8) is 0 Å². The molecule has 0 radical (unpaired) electrons. The first-order valence-corrected chi connectivity index (χ1v) is 10.5. The van der Waals surface area contributed by atoms with Crippen LogP contribution in [-0.4, -0.2) is 40.9 Å². The van der Waals surface area contributed by atoms with Gasteiger partial charge in [-0.1, -0.05) is 19.4 Å². The van der Waals surface area contributed by atoms with E-state index in [0.717, 1.165) is 56.5 Å². The number of aliphatic imine (C=N–C) groups is 1. The van der Waals surface area contributed by atoms with Crippen LogP contribution in [0.1, 0.15) is 42.7 Å². The first-order valence-electron chi connectivity index (χ1n) is 9.64. The van der Waals surface area contributed by atoms with E-state index in [9.17, 15) is 0 Å². The van der Waals surface area contributed by atoms with Crippen molar-refractivity contribution in [2.24, 2.45) is 10.9 Å². The lowest BCUT2D eigenvalue weighted by Crippen LogP contribution is -2.40. The highest BCUT2D eigenvalue weighted by molar-refractivity contribution is 7.09. The Hall–Kier alpha value is -1.89. The van der Waals surface area contributed by atoms with Gasteiger partial charge in [0.25, 0.3) is 0 Å². The maximum atomic E-state index is 4.39. The molecule has 0 saturated heterocycles. The van der Waals surface area contributed by atoms with E-state index >= 15 is 0 Å². The molecular formula is C19H30N6S. The van der Waals surface area contributed by atoms with Crippen molar-refractivity contribution < 1.29 is 0 Å². The third-order valence-electron chi connectivity index (χ3n) is 4.80. The number of hydrogen-bond acceptors (Lipinski definition) is 4. The van der Waals surface area contributed by atoms with Crippen molar-refractivity contribution in [1.82, 2.24) is 25.4 Å². The second-order valence-corrected chi connectivity index (χ2v) is 8.05. The molecule has 0 amide bonds. The van der Waals surface area contributed by atoms with E-state index in [2.05, 4.69) is 54.8 Å². The molecule has 0 aliphatic carbocycles. The maximum Gasteiger partial charge on any atom is 0.190 e. The van der Waals surface area contributed by atoms with Gasteiger partial charge in [0.15, 0.2) is 5.96 Å². The van der Waals surface area contributed by atoms with Gasteiger partial charge in [-0.05, 0) is 36.6 Å². The predicted octanol–water partition coefficient (Wildman–Crippen LogP) is 2.65. The van der Waals surface area contributed by atoms with E-state index in [4.69, 9.17) is 0 Å². The van der Waals surface area contributed by atoms with Crippen LogP contribution in [0, 0.1) is 5.92 Å². The molecule has 1 atom stereocenters. The molecular weight excluding hydrogens is 344 g/mol. The fraction of sp³-hybridized carbons (Fsp3) is 0.632. The summed E-state index contributed by atoms with van der Waals surface area (Å²) in [5.41, 5.74) is 0. The molecule has 3 heterocycles. The Labute approximate surface area is 160 Å². The van der Waals surface area contributed by atoms with Gasteiger partial charge in [-0.2, -0.15) is 0 Å². The average Bonchev–Trinajstić information content (AvgIpc) is 3.22. The Kier molecular flexibility index (Phi) is 7.05. The van der Waals surface area contributed by atoms with Crippen molar-refractivity contribution in [3.05, 3.63) is 34.0 Å². The van der Waals surface area contributed by atoms with Crippen LogP contribution in [0.2, 0.25) is 0 Å². The van der Waals surface area contributed by atoms with E-state index in [0.29, 0.717) is 5.92 Å². The van der Waals surface area contributed by atoms with Crippen molar-refractivity contribution in [2.75, 3.05) is 20.1 Å². The molecule has 3 rings (SSSR count). The Morgan fingerprint density at radius 2 is 2.23 bits per heavy atom. The van der Waals surface area contributed by atoms with Crippen LogP contribution >= 0.6 is 11.3 Å². The summed E-state index contributed by atoms with van der Waals surface area (Å²) in [7, 11) is 1.82. The maximum absolute atomic E-state index is 4.39. The van der Waals surface area contributed by atoms with Gasteiger partial charge < -0.3 is 15.2 Å². The molecule has 1 aliphatic rings. The van der Waals surface area contributed by atoms with Crippen LogP contribution in [0.15, 0.2) is 22.5 Å². The third-order valence-corrected chi connectivity index (χ3v) is 5.70. The summed E-state index contributed by atoms with van der Waals surface area (Å²) in [5, 5.41) is 17.7. The van der Waals surface area contributed by atoms with Crippen LogP contribution in [0.5, 0.6) is 0 Å². The van der Waals surface area contributed by atoms with Crippen molar-refractivity contribution >= 4 is 17.3 Å². The first kappa shape index (κ1) is 18.9. The Bertz CT molecular complexity index is 691. The minimum absolute atomic E-state index is 0.569. The Morgan fingerprint density at radius 1 is 1.31 bits per heavy atom. The van der Waals surface area contributed by atoms with Crippen molar-refractivity contribution in [1.29, 1.82) is 0 Å². The quantitative estimate of drug-likeness (QED) is 0.578. The summed E-state index contributed by atoms with van der Waals surface area (Å²) < 4.78 is 2.31. The van der Waals surface area contributed by atoms with E-state index < -0.39 is 0 Å². The van der Waals surface area contributed by atoms with Crippen LogP contribution in [-0.2, 0) is 25.8 Å². The lowest BCUT2D eigenvalue weighted by Gasteiger charge is -2.15. The number of thiophene rings is 1. The van der Waals surface area contributed by atoms with Crippen LogP contribution in [0.4, 0.5) is 0 Å². The zero-order chi connectivity index (χ0) is 18.2. The molecule has 0 spiro atoms. The molecule has 1 aliphatic heterocycles. The molecule has 0 bridgehead atoms. The summed E-state index contributed by atoms with van der Waals surface area (Å²) in [6.07, 6.45) is 6.80. The molecule has 26 heavy (non-hydrogen) atoms. The van der Waals surface area contributed by atoms with Gasteiger partial charge in [0.2, 0.25) is 0 Å². The Balaban J connectivity index is 1.41. The standard InChI is InChI=1S/C19H30N6S/c1-15(13-16-7-6-12-26-16)14-22-19(20-2)21-10-9-18-24-23-17-8-4-3-5-11-25(17)18/h6-7,12,15H,3-5,8-11,13-14H2,1-2H3,(H2,20,21,22). The minimum Gasteiger partial charge on any atom is -0.356 e. The lowest BCUT2D eigenvalue weighted by molar-refractivity contribution is 0.560. The lowest BCUT2D eigenvalue weighted by atomic mass is 10.1. The monoisotopic (exact) mass is 374 g/mol. The SMILES string of the molecule is CN=C(NCCc1nnc2n1CCCCC2)NCC(C)Cc1cccs1. The van der Waals surface area contributed by atoms with Crippen LogP contribution in [0.25, 0.3) is 0 Å². The zero-order valence-corrected chi connectivity index (χ0v) is 16.7. The number of nitrogens with zero attached hydrogens (tertiary/aromatic N) is 4. The number of aromatic nitrogens is 3. The highest BCUT2D eigenvalue weighted by atomic mass is 32.1. The molecule has 0 saturated carbocycles. The molecule has 7 heteroatoms. The second kappa shape index (κ2) is 9.71. The van der Waals surface area contributed by atoms with E-state index in [-0.39, 0.29) is 0 Å². The first-order chi connectivity index (χ1) is 12.8. The molecule has 2 N–H and O–H groups in total. The van der Waals surface area contributed by atoms with Gasteiger partial charge in [0.05, 0.1) is 0 Å². The summed E-state index contributed by atoms with van der Waals surface area (Å²) in [6.45, 7) is 5.06. The minimum atomic E-state index is 0.569. The molecule has 142 valence electrons. The third kappa shape index (κ3) is 5.30. The fourth-order valence-corrected chi connectivity index (χ4v) is 4.23. The second-order valence-electron chi connectivity index (χ2n) is 7.01. The highest BCUT2D eigenvalue weighted by Crippen LogP contribution is 2.15. The van der Waals surface area contributed by atoms with E-state index in [1.165, 1.54) is 24.1 Å². The van der Waals surface area contributed by atoms with Gasteiger partial charge >= 0.3 is 0 Å². The predicted molar refractivity (Wildman–Crippen MR) is 108 cm³/mol. The van der Waals surface area contributed by atoms with E-state index in [1.807, 2.05) is 18.4 Å². The highest BCUT2D eigenvalue weighted by Gasteiger charge is 2.14. The molecule has 0 fully saturated rings. The molecule has 0 aromatic carbocycles. The van der Waals surface area contributed by atoms with Crippen LogP contribution in [0.3, 0.4) is 0 Å². The number of fused-ring (bicyclic) bond motifs is 1. The number of aryl methyl sites for hydroxylation is 1. The van der Waals surface area contributed by atoms with Gasteiger partial charge in [0, 0.05) is 44.4 Å². The largest absolute Gasteiger partial charge is 0.356 e. The smallest absolute Gasteiger partial charge is 0.190 e. The zero-order valence-electron chi connectivity index (χ0n) is 15.9. The molecule has 2 aromatic heterocycles. The molecule has 1 unspecified atom stereocenters. The average molecular weight is 375 g/mol. The summed E-state index contributed by atoms with van der Waals surface area (Å²) >= 11 is 1.83. The van der Waals surface area contributed by atoms with Crippen molar-refractivity contribution in [2.45, 2.75) is 52.0 Å². The molecule has 2 aromatic rings. The Morgan fingerprint density at radius 3 is 3.04 bits per heavy atom. The number of nitrogens with one attached hydrogen (secondary N) is 2. The normalized spacial score (nSPS) is 16.0. The summed E-state index contributed by atoms with van der Waals surface area (Å²) in [4.78, 5) is 5.77. The van der Waals surface area contributed by atoms with E-state index in [1.54, 1.807) is 0 Å². The van der Waals surface area contributed by atoms with Crippen molar-refractivity contribution in [3.8, 4) is 0 Å². The summed E-state index contributed by atoms with van der Waals surface area (Å²) in [5.74, 6) is 3.68.